The Morgan fingerprint density at radius 1 is 1.15 bits per heavy atom. The summed E-state index contributed by atoms with van der Waals surface area (Å²) in [7, 11) is 0. The number of hydrogen-bond acceptors (Lipinski definition) is 3. The second-order valence-corrected chi connectivity index (χ2v) is 7.68. The van der Waals surface area contributed by atoms with E-state index in [1.807, 2.05) is 33.0 Å². The SMILES string of the molecule is C=C\C(C#N)=C(Nc1ccc2[nH]ccc2c1C)/C(=C\C)/C=C/CCN(CCC)CCC.CC. The average molecular weight is 447 g/mol. The molecule has 0 spiro atoms. The van der Waals surface area contributed by atoms with Crippen molar-refractivity contribution in [3.63, 3.8) is 0 Å². The van der Waals surface area contributed by atoms with E-state index in [-0.39, 0.29) is 0 Å². The smallest absolute Gasteiger partial charge is 0.101 e. The number of aryl methyl sites for hydroxylation is 1. The zero-order valence-corrected chi connectivity index (χ0v) is 21.5. The number of fused-ring (bicyclic) bond motifs is 1. The predicted octanol–water partition coefficient (Wildman–Crippen LogP) is 7.89. The van der Waals surface area contributed by atoms with Crippen LogP contribution in [0.15, 0.2) is 72.1 Å². The van der Waals surface area contributed by atoms with Crippen LogP contribution in [0.3, 0.4) is 0 Å². The lowest BCUT2D eigenvalue weighted by molar-refractivity contribution is 0.280. The van der Waals surface area contributed by atoms with Gasteiger partial charge in [0, 0.05) is 29.3 Å². The number of aromatic amines is 1. The fourth-order valence-corrected chi connectivity index (χ4v) is 3.81. The first-order valence-corrected chi connectivity index (χ1v) is 12.3. The van der Waals surface area contributed by atoms with Crippen molar-refractivity contribution < 1.29 is 0 Å². The Hall–Kier alpha value is -3.03. The molecule has 0 aliphatic rings. The number of H-pyrrole nitrogens is 1. The van der Waals surface area contributed by atoms with E-state index < -0.39 is 0 Å². The maximum atomic E-state index is 9.71. The van der Waals surface area contributed by atoms with Gasteiger partial charge in [0.05, 0.1) is 11.3 Å². The molecule has 2 aromatic rings. The molecule has 1 aromatic heterocycles. The molecule has 4 nitrogen and oxygen atoms in total. The van der Waals surface area contributed by atoms with Gasteiger partial charge in [0.1, 0.15) is 6.07 Å². The molecule has 1 aromatic carbocycles. The van der Waals surface area contributed by atoms with Gasteiger partial charge in [0.2, 0.25) is 0 Å². The molecule has 0 saturated carbocycles. The molecule has 0 unspecified atom stereocenters. The molecular weight excluding hydrogens is 404 g/mol. The van der Waals surface area contributed by atoms with Crippen LogP contribution < -0.4 is 5.32 Å². The molecule has 1 heterocycles. The van der Waals surface area contributed by atoms with Crippen molar-refractivity contribution in [3.05, 3.63) is 77.7 Å². The van der Waals surface area contributed by atoms with Crippen LogP contribution in [0.2, 0.25) is 0 Å². The number of aromatic nitrogens is 1. The van der Waals surface area contributed by atoms with Crippen molar-refractivity contribution in [2.45, 2.75) is 60.8 Å². The fraction of sp³-hybridized carbons (Fsp3) is 0.414. The number of rotatable bonds is 12. The van der Waals surface area contributed by atoms with Crippen LogP contribution in [0, 0.1) is 18.3 Å². The minimum atomic E-state index is 0.532. The Morgan fingerprint density at radius 3 is 2.42 bits per heavy atom. The highest BCUT2D eigenvalue weighted by molar-refractivity contribution is 5.88. The van der Waals surface area contributed by atoms with Gasteiger partial charge in [-0.15, -0.1) is 0 Å². The summed E-state index contributed by atoms with van der Waals surface area (Å²) in [6.45, 7) is 19.7. The third-order valence-electron chi connectivity index (χ3n) is 5.45. The van der Waals surface area contributed by atoms with Crippen molar-refractivity contribution in [1.29, 1.82) is 5.26 Å². The van der Waals surface area contributed by atoms with Crippen molar-refractivity contribution in [3.8, 4) is 6.07 Å². The standard InChI is InChI=1S/C27H36N4.C2H6/c1-6-17-31(18-7-2)19-11-10-12-22(8-3)27(23(9-4)20-28)30-25-13-14-26-24(21(25)5)15-16-29-26;1-2/h8-10,12-16,29-30H,4,6-7,11,17-19H2,1-3,5H3;1-2H3/b12-10+,22-8-,27-23-;. The molecule has 178 valence electrons. The molecule has 0 amide bonds. The van der Waals surface area contributed by atoms with Gasteiger partial charge in [-0.25, -0.2) is 0 Å². The summed E-state index contributed by atoms with van der Waals surface area (Å²) in [4.78, 5) is 5.75. The third kappa shape index (κ3) is 8.11. The molecule has 0 aliphatic heterocycles. The molecule has 0 saturated heterocycles. The summed E-state index contributed by atoms with van der Waals surface area (Å²) in [5.74, 6) is 0. The first-order chi connectivity index (χ1) is 16.1. The number of hydrogen-bond donors (Lipinski definition) is 2. The largest absolute Gasteiger partial charge is 0.361 e. The van der Waals surface area contributed by atoms with Crippen LogP contribution in [0.1, 0.15) is 59.4 Å². The van der Waals surface area contributed by atoms with E-state index in [1.54, 1.807) is 6.08 Å². The predicted molar refractivity (Wildman–Crippen MR) is 145 cm³/mol. The van der Waals surface area contributed by atoms with E-state index in [9.17, 15) is 5.26 Å². The van der Waals surface area contributed by atoms with Crippen LogP contribution in [-0.4, -0.2) is 29.5 Å². The molecule has 2 rings (SSSR count). The summed E-state index contributed by atoms with van der Waals surface area (Å²) in [6, 6.07) is 8.48. The Kier molecular flexibility index (Phi) is 13.3. The maximum Gasteiger partial charge on any atom is 0.101 e. The molecule has 0 aliphatic carbocycles. The lowest BCUT2D eigenvalue weighted by Gasteiger charge is -2.20. The van der Waals surface area contributed by atoms with Crippen molar-refractivity contribution in [1.82, 2.24) is 9.88 Å². The number of benzene rings is 1. The lowest BCUT2D eigenvalue weighted by Crippen LogP contribution is -2.26. The van der Waals surface area contributed by atoms with Gasteiger partial charge in [-0.3, -0.25) is 0 Å². The highest BCUT2D eigenvalue weighted by atomic mass is 15.1. The first kappa shape index (κ1) is 28.0. The number of nitriles is 1. The number of anilines is 1. The van der Waals surface area contributed by atoms with E-state index in [2.05, 4.69) is 79.0 Å². The van der Waals surface area contributed by atoms with Gasteiger partial charge in [-0.05, 0) is 81.6 Å². The molecule has 0 radical (unpaired) electrons. The summed E-state index contributed by atoms with van der Waals surface area (Å²) >= 11 is 0. The maximum absolute atomic E-state index is 9.71. The summed E-state index contributed by atoms with van der Waals surface area (Å²) < 4.78 is 0. The number of nitrogens with zero attached hydrogens (tertiary/aromatic N) is 2. The van der Waals surface area contributed by atoms with Crippen molar-refractivity contribution >= 4 is 16.6 Å². The number of allylic oxidation sites excluding steroid dienone is 4. The Morgan fingerprint density at radius 2 is 1.85 bits per heavy atom. The Bertz CT molecular complexity index is 992. The molecule has 2 N–H and O–H groups in total. The van der Waals surface area contributed by atoms with E-state index in [1.165, 1.54) is 18.2 Å². The minimum absolute atomic E-state index is 0.532. The Labute approximate surface area is 201 Å². The lowest BCUT2D eigenvalue weighted by atomic mass is 10.0. The summed E-state index contributed by atoms with van der Waals surface area (Å²) in [5, 5.41) is 14.4. The van der Waals surface area contributed by atoms with Crippen molar-refractivity contribution in [2.24, 2.45) is 0 Å². The van der Waals surface area contributed by atoms with Gasteiger partial charge < -0.3 is 15.2 Å². The zero-order valence-electron chi connectivity index (χ0n) is 21.5. The van der Waals surface area contributed by atoms with Crippen LogP contribution in [0.4, 0.5) is 5.69 Å². The fourth-order valence-electron chi connectivity index (χ4n) is 3.81. The molecule has 0 bridgehead atoms. The molecule has 4 heteroatoms. The van der Waals surface area contributed by atoms with Crippen LogP contribution in [-0.2, 0) is 0 Å². The summed E-state index contributed by atoms with van der Waals surface area (Å²) in [6.07, 6.45) is 13.3. The quantitative estimate of drug-likeness (QED) is 0.257. The molecular formula is C29H42N4. The van der Waals surface area contributed by atoms with Crippen LogP contribution in [0.5, 0.6) is 0 Å². The molecule has 33 heavy (non-hydrogen) atoms. The topological polar surface area (TPSA) is 54.9 Å². The normalized spacial score (nSPS) is 12.4. The molecule has 0 atom stereocenters. The highest BCUT2D eigenvalue weighted by Gasteiger charge is 2.11. The van der Waals surface area contributed by atoms with Gasteiger partial charge in [-0.1, -0.05) is 52.5 Å². The first-order valence-electron chi connectivity index (χ1n) is 12.3. The van der Waals surface area contributed by atoms with E-state index in [0.717, 1.165) is 54.1 Å². The number of nitrogens with one attached hydrogen (secondary N) is 2. The van der Waals surface area contributed by atoms with Gasteiger partial charge in [0.15, 0.2) is 0 Å². The highest BCUT2D eigenvalue weighted by Crippen LogP contribution is 2.28. The van der Waals surface area contributed by atoms with Crippen LogP contribution in [0.25, 0.3) is 10.9 Å². The van der Waals surface area contributed by atoms with E-state index >= 15 is 0 Å². The molecule has 0 fully saturated rings. The average Bonchev–Trinajstić information content (AvgIpc) is 3.32. The van der Waals surface area contributed by atoms with Gasteiger partial charge in [-0.2, -0.15) is 5.26 Å². The monoisotopic (exact) mass is 446 g/mol. The van der Waals surface area contributed by atoms with Crippen molar-refractivity contribution in [2.75, 3.05) is 25.0 Å². The van der Waals surface area contributed by atoms with E-state index in [4.69, 9.17) is 0 Å². The van der Waals surface area contributed by atoms with E-state index in [0.29, 0.717) is 5.57 Å². The van der Waals surface area contributed by atoms with Crippen LogP contribution >= 0.6 is 0 Å². The van der Waals surface area contributed by atoms with Gasteiger partial charge in [0.25, 0.3) is 0 Å². The second kappa shape index (κ2) is 15.7. The Balaban J connectivity index is 0.00000265. The second-order valence-electron chi connectivity index (χ2n) is 7.68. The third-order valence-corrected chi connectivity index (χ3v) is 5.45. The van der Waals surface area contributed by atoms with Gasteiger partial charge >= 0.3 is 0 Å². The minimum Gasteiger partial charge on any atom is -0.361 e. The summed E-state index contributed by atoms with van der Waals surface area (Å²) in [5.41, 5.74) is 5.54. The zero-order chi connectivity index (χ0) is 24.6.